The summed E-state index contributed by atoms with van der Waals surface area (Å²) in [5.41, 5.74) is 0.809. The molecule has 0 amide bonds. The summed E-state index contributed by atoms with van der Waals surface area (Å²) < 4.78 is 5.11. The Morgan fingerprint density at radius 3 is 3.20 bits per heavy atom. The Bertz CT molecular complexity index is 318. The first-order chi connectivity index (χ1) is 4.86. The van der Waals surface area contributed by atoms with Crippen molar-refractivity contribution in [1.82, 2.24) is 0 Å². The fourth-order valence-corrected chi connectivity index (χ4v) is 1.09. The minimum atomic E-state index is 0.426. The molecule has 1 heterocycles. The minimum Gasteiger partial charge on any atom is -0.445 e. The van der Waals surface area contributed by atoms with E-state index in [-0.39, 0.29) is 0 Å². The largest absolute Gasteiger partial charge is 0.445 e. The SMILES string of the molecule is Clc1cc2c[c]ccc2o1. The standard InChI is InChI=1S/C8H4ClO/c9-8-5-6-3-1-2-4-7(6)10-8/h2-5H. The lowest BCUT2D eigenvalue weighted by atomic mass is 10.3. The normalized spacial score (nSPS) is 10.5. The summed E-state index contributed by atoms with van der Waals surface area (Å²) in [7, 11) is 0. The van der Waals surface area contributed by atoms with E-state index in [0.717, 1.165) is 11.0 Å². The smallest absolute Gasteiger partial charge is 0.194 e. The van der Waals surface area contributed by atoms with Gasteiger partial charge in [-0.15, -0.1) is 0 Å². The van der Waals surface area contributed by atoms with Crippen LogP contribution in [0.1, 0.15) is 0 Å². The lowest BCUT2D eigenvalue weighted by Crippen LogP contribution is -1.58. The Hall–Kier alpha value is -0.950. The maximum absolute atomic E-state index is 5.60. The molecule has 2 aromatic rings. The molecule has 1 nitrogen and oxygen atoms in total. The van der Waals surface area contributed by atoms with Crippen LogP contribution < -0.4 is 0 Å². The van der Waals surface area contributed by atoms with E-state index >= 15 is 0 Å². The van der Waals surface area contributed by atoms with Crippen LogP contribution in [0.3, 0.4) is 0 Å². The molecule has 0 N–H and O–H groups in total. The van der Waals surface area contributed by atoms with Crippen LogP contribution >= 0.6 is 11.6 Å². The summed E-state index contributed by atoms with van der Waals surface area (Å²) >= 11 is 5.60. The maximum Gasteiger partial charge on any atom is 0.194 e. The van der Waals surface area contributed by atoms with Gasteiger partial charge in [-0.2, -0.15) is 0 Å². The summed E-state index contributed by atoms with van der Waals surface area (Å²) in [6.45, 7) is 0. The first kappa shape index (κ1) is 5.81. The zero-order chi connectivity index (χ0) is 6.97. The van der Waals surface area contributed by atoms with Gasteiger partial charge in [0, 0.05) is 11.5 Å². The van der Waals surface area contributed by atoms with E-state index < -0.39 is 0 Å². The zero-order valence-electron chi connectivity index (χ0n) is 5.10. The van der Waals surface area contributed by atoms with Crippen LogP contribution in [0.2, 0.25) is 5.22 Å². The third-order valence-corrected chi connectivity index (χ3v) is 1.52. The fraction of sp³-hybridized carbons (Fsp3) is 0. The number of furan rings is 1. The Morgan fingerprint density at radius 2 is 2.40 bits per heavy atom. The van der Waals surface area contributed by atoms with Crippen molar-refractivity contribution in [3.8, 4) is 0 Å². The second kappa shape index (κ2) is 2.03. The quantitative estimate of drug-likeness (QED) is 0.564. The van der Waals surface area contributed by atoms with Crippen LogP contribution in [-0.4, -0.2) is 0 Å². The molecular formula is C8H4ClO. The van der Waals surface area contributed by atoms with Crippen molar-refractivity contribution in [2.24, 2.45) is 0 Å². The van der Waals surface area contributed by atoms with Gasteiger partial charge in [0.15, 0.2) is 5.22 Å². The molecule has 49 valence electrons. The van der Waals surface area contributed by atoms with Crippen molar-refractivity contribution in [2.75, 3.05) is 0 Å². The van der Waals surface area contributed by atoms with Crippen LogP contribution in [0.15, 0.2) is 28.7 Å². The molecule has 0 saturated carbocycles. The van der Waals surface area contributed by atoms with Crippen LogP contribution in [0.4, 0.5) is 0 Å². The number of rotatable bonds is 0. The van der Waals surface area contributed by atoms with Gasteiger partial charge < -0.3 is 4.42 Å². The first-order valence-electron chi connectivity index (χ1n) is 2.91. The van der Waals surface area contributed by atoms with Crippen molar-refractivity contribution in [1.29, 1.82) is 0 Å². The molecule has 10 heavy (non-hydrogen) atoms. The third kappa shape index (κ3) is 0.792. The molecule has 1 radical (unpaired) electrons. The van der Waals surface area contributed by atoms with Gasteiger partial charge in [0.25, 0.3) is 0 Å². The van der Waals surface area contributed by atoms with Gasteiger partial charge >= 0.3 is 0 Å². The van der Waals surface area contributed by atoms with Crippen molar-refractivity contribution < 1.29 is 4.42 Å². The van der Waals surface area contributed by atoms with E-state index in [1.54, 1.807) is 12.1 Å². The van der Waals surface area contributed by atoms with Crippen LogP contribution in [0.5, 0.6) is 0 Å². The van der Waals surface area contributed by atoms with Gasteiger partial charge in [0.05, 0.1) is 0 Å². The van der Waals surface area contributed by atoms with Gasteiger partial charge in [0.1, 0.15) is 5.58 Å². The molecule has 0 atom stereocenters. The molecule has 0 saturated heterocycles. The van der Waals surface area contributed by atoms with Crippen molar-refractivity contribution in [3.63, 3.8) is 0 Å². The van der Waals surface area contributed by atoms with Crippen molar-refractivity contribution in [2.45, 2.75) is 0 Å². The Labute approximate surface area is 63.2 Å². The van der Waals surface area contributed by atoms with Crippen LogP contribution in [0, 0.1) is 6.07 Å². The molecule has 2 rings (SSSR count). The first-order valence-corrected chi connectivity index (χ1v) is 3.29. The summed E-state index contributed by atoms with van der Waals surface area (Å²) in [6.07, 6.45) is 0. The highest BCUT2D eigenvalue weighted by molar-refractivity contribution is 6.29. The summed E-state index contributed by atoms with van der Waals surface area (Å²) in [5.74, 6) is 0. The maximum atomic E-state index is 5.60. The second-order valence-corrected chi connectivity index (χ2v) is 2.39. The van der Waals surface area contributed by atoms with Gasteiger partial charge in [-0.25, -0.2) is 0 Å². The molecule has 1 aromatic carbocycles. The fourth-order valence-electron chi connectivity index (χ4n) is 0.892. The molecule has 0 fully saturated rings. The third-order valence-electron chi connectivity index (χ3n) is 1.33. The van der Waals surface area contributed by atoms with Gasteiger partial charge in [-0.1, -0.05) is 6.07 Å². The van der Waals surface area contributed by atoms with E-state index in [4.69, 9.17) is 16.0 Å². The molecular weight excluding hydrogens is 148 g/mol. The predicted molar refractivity (Wildman–Crippen MR) is 40.1 cm³/mol. The topological polar surface area (TPSA) is 13.1 Å². The predicted octanol–water partition coefficient (Wildman–Crippen LogP) is 2.89. The molecule has 0 unspecified atom stereocenters. The number of halogens is 1. The highest BCUT2D eigenvalue weighted by atomic mass is 35.5. The minimum absolute atomic E-state index is 0.426. The van der Waals surface area contributed by atoms with Gasteiger partial charge in [0.2, 0.25) is 0 Å². The molecule has 2 heteroatoms. The summed E-state index contributed by atoms with van der Waals surface area (Å²) in [6, 6.07) is 10.2. The van der Waals surface area contributed by atoms with Gasteiger partial charge in [-0.05, 0) is 29.8 Å². The summed E-state index contributed by atoms with van der Waals surface area (Å²) in [5, 5.41) is 1.42. The van der Waals surface area contributed by atoms with E-state index in [1.807, 2.05) is 12.1 Å². The lowest BCUT2D eigenvalue weighted by molar-refractivity contribution is 0.618. The van der Waals surface area contributed by atoms with Crippen molar-refractivity contribution >= 4 is 22.6 Å². The van der Waals surface area contributed by atoms with Crippen LogP contribution in [-0.2, 0) is 0 Å². The average molecular weight is 152 g/mol. The molecule has 1 aromatic heterocycles. The van der Waals surface area contributed by atoms with E-state index in [1.165, 1.54) is 0 Å². The lowest BCUT2D eigenvalue weighted by Gasteiger charge is -1.80. The monoisotopic (exact) mass is 151 g/mol. The Morgan fingerprint density at radius 1 is 1.50 bits per heavy atom. The van der Waals surface area contributed by atoms with E-state index in [0.29, 0.717) is 5.22 Å². The molecule has 0 bridgehead atoms. The molecule has 0 aliphatic heterocycles. The Balaban J connectivity index is 2.88. The second-order valence-electron chi connectivity index (χ2n) is 2.01. The number of fused-ring (bicyclic) bond motifs is 1. The zero-order valence-corrected chi connectivity index (χ0v) is 5.85. The highest BCUT2D eigenvalue weighted by Crippen LogP contribution is 2.21. The highest BCUT2D eigenvalue weighted by Gasteiger charge is 1.97. The van der Waals surface area contributed by atoms with Crippen LogP contribution in [0.25, 0.3) is 11.0 Å². The Kier molecular flexibility index (Phi) is 1.18. The van der Waals surface area contributed by atoms with Gasteiger partial charge in [-0.3, -0.25) is 0 Å². The number of benzene rings is 1. The molecule has 0 aliphatic carbocycles. The molecule has 0 aliphatic rings. The average Bonchev–Trinajstić information content (AvgIpc) is 2.27. The summed E-state index contributed by atoms with van der Waals surface area (Å²) in [4.78, 5) is 0. The number of hydrogen-bond donors (Lipinski definition) is 0. The van der Waals surface area contributed by atoms with E-state index in [9.17, 15) is 0 Å². The van der Waals surface area contributed by atoms with E-state index in [2.05, 4.69) is 6.07 Å². The molecule has 0 spiro atoms. The van der Waals surface area contributed by atoms with Crippen molar-refractivity contribution in [3.05, 3.63) is 35.6 Å². The number of hydrogen-bond acceptors (Lipinski definition) is 1.